The molecule has 1 aliphatic heterocycles. The van der Waals surface area contributed by atoms with Gasteiger partial charge in [0.15, 0.2) is 12.4 Å². The van der Waals surface area contributed by atoms with Crippen molar-refractivity contribution in [1.29, 1.82) is 0 Å². The Hall–Kier alpha value is -3.02. The monoisotopic (exact) mass is 313 g/mol. The van der Waals surface area contributed by atoms with E-state index in [0.717, 1.165) is 5.76 Å². The van der Waals surface area contributed by atoms with Gasteiger partial charge in [0, 0.05) is 12.1 Å². The van der Waals surface area contributed by atoms with Crippen LogP contribution in [0.25, 0.3) is 6.08 Å². The Morgan fingerprint density at radius 1 is 1.30 bits per heavy atom. The molecule has 0 saturated carbocycles. The van der Waals surface area contributed by atoms with Crippen LogP contribution in [0.5, 0.6) is 11.5 Å². The first-order valence-electron chi connectivity index (χ1n) is 7.00. The van der Waals surface area contributed by atoms with E-state index >= 15 is 0 Å². The van der Waals surface area contributed by atoms with Gasteiger partial charge in [-0.2, -0.15) is 0 Å². The number of carbonyl (C=O) groups excluding carboxylic acids is 2. The molecular weight excluding hydrogens is 298 g/mol. The van der Waals surface area contributed by atoms with E-state index in [1.54, 1.807) is 37.3 Å². The topological polar surface area (TPSA) is 91.8 Å². The number of primary amides is 1. The highest BCUT2D eigenvalue weighted by atomic mass is 16.5. The summed E-state index contributed by atoms with van der Waals surface area (Å²) in [5.74, 6) is 1.50. The average Bonchev–Trinajstić information content (AvgIpc) is 3.01. The van der Waals surface area contributed by atoms with Crippen LogP contribution in [0.2, 0.25) is 0 Å². The third-order valence-corrected chi connectivity index (χ3v) is 3.36. The summed E-state index contributed by atoms with van der Waals surface area (Å²) >= 11 is 0. The Kier molecular flexibility index (Phi) is 3.65. The van der Waals surface area contributed by atoms with Crippen LogP contribution in [0.15, 0.2) is 34.4 Å². The van der Waals surface area contributed by atoms with Crippen molar-refractivity contribution in [2.45, 2.75) is 13.8 Å². The van der Waals surface area contributed by atoms with E-state index in [0.29, 0.717) is 28.4 Å². The zero-order valence-corrected chi connectivity index (χ0v) is 12.7. The molecule has 0 unspecified atom stereocenters. The Morgan fingerprint density at radius 2 is 2.09 bits per heavy atom. The number of fused-ring (bicyclic) bond motifs is 1. The normalized spacial score (nSPS) is 14.7. The Morgan fingerprint density at radius 3 is 2.74 bits per heavy atom. The van der Waals surface area contributed by atoms with Gasteiger partial charge in [0.1, 0.15) is 23.0 Å². The summed E-state index contributed by atoms with van der Waals surface area (Å²) in [5, 5.41) is 0. The number of amides is 1. The minimum absolute atomic E-state index is 0.185. The number of hydrogen-bond donors (Lipinski definition) is 1. The molecule has 0 atom stereocenters. The number of Topliss-reactive ketones (excluding diaryl/α,β-unsaturated/α-hetero) is 1. The molecule has 2 heterocycles. The number of benzene rings is 1. The van der Waals surface area contributed by atoms with E-state index < -0.39 is 5.91 Å². The summed E-state index contributed by atoms with van der Waals surface area (Å²) in [5.41, 5.74) is 6.23. The second kappa shape index (κ2) is 5.64. The van der Waals surface area contributed by atoms with Crippen LogP contribution in [0.3, 0.4) is 0 Å². The second-order valence-corrected chi connectivity index (χ2v) is 5.26. The fraction of sp³-hybridized carbons (Fsp3) is 0.176. The fourth-order valence-electron chi connectivity index (χ4n) is 2.38. The molecule has 23 heavy (non-hydrogen) atoms. The lowest BCUT2D eigenvalue weighted by molar-refractivity contribution is -0.119. The Balaban J connectivity index is 1.91. The van der Waals surface area contributed by atoms with Crippen molar-refractivity contribution < 1.29 is 23.5 Å². The summed E-state index contributed by atoms with van der Waals surface area (Å²) in [6.45, 7) is 3.36. The number of allylic oxidation sites excluding steroid dienone is 1. The third-order valence-electron chi connectivity index (χ3n) is 3.36. The van der Waals surface area contributed by atoms with E-state index in [1.807, 2.05) is 6.92 Å². The highest BCUT2D eigenvalue weighted by molar-refractivity contribution is 6.15. The van der Waals surface area contributed by atoms with Crippen LogP contribution in [-0.4, -0.2) is 18.3 Å². The molecule has 2 N–H and O–H groups in total. The van der Waals surface area contributed by atoms with Gasteiger partial charge in [-0.05, 0) is 37.6 Å². The van der Waals surface area contributed by atoms with Crippen LogP contribution in [0.4, 0.5) is 0 Å². The molecule has 1 aromatic heterocycles. The standard InChI is InChI=1S/C17H15NO5/c1-9-5-12(21-8-15(18)19)7-13-16(9)17(20)14(23-13)6-11-4-3-10(2)22-11/h3-7H,8H2,1-2H3,(H2,18,19)/b14-6-. The van der Waals surface area contributed by atoms with Gasteiger partial charge in [0.05, 0.1) is 5.56 Å². The minimum atomic E-state index is -0.575. The van der Waals surface area contributed by atoms with Gasteiger partial charge < -0.3 is 19.6 Å². The fourth-order valence-corrected chi connectivity index (χ4v) is 2.38. The van der Waals surface area contributed by atoms with Crippen LogP contribution in [-0.2, 0) is 4.79 Å². The molecule has 6 nitrogen and oxygen atoms in total. The zero-order valence-electron chi connectivity index (χ0n) is 12.7. The maximum atomic E-state index is 12.5. The number of ether oxygens (including phenoxy) is 2. The first-order chi connectivity index (χ1) is 10.9. The van der Waals surface area contributed by atoms with Gasteiger partial charge >= 0.3 is 0 Å². The molecule has 0 saturated heterocycles. The molecule has 0 radical (unpaired) electrons. The second-order valence-electron chi connectivity index (χ2n) is 5.26. The van der Waals surface area contributed by atoms with Crippen molar-refractivity contribution in [2.24, 2.45) is 5.73 Å². The van der Waals surface area contributed by atoms with Gasteiger partial charge in [0.2, 0.25) is 5.78 Å². The van der Waals surface area contributed by atoms with Crippen molar-refractivity contribution in [3.63, 3.8) is 0 Å². The molecule has 1 amide bonds. The average molecular weight is 313 g/mol. The SMILES string of the molecule is Cc1ccc(/C=C2\Oc3cc(OCC(N)=O)cc(C)c3C2=O)o1. The van der Waals surface area contributed by atoms with Gasteiger partial charge in [-0.1, -0.05) is 0 Å². The molecule has 0 fully saturated rings. The predicted molar refractivity (Wildman–Crippen MR) is 82.2 cm³/mol. The molecule has 2 aromatic rings. The smallest absolute Gasteiger partial charge is 0.255 e. The largest absolute Gasteiger partial charge is 0.484 e. The number of rotatable bonds is 4. The van der Waals surface area contributed by atoms with Gasteiger partial charge in [-0.3, -0.25) is 9.59 Å². The first kappa shape index (κ1) is 14.9. The molecule has 1 aromatic carbocycles. The lowest BCUT2D eigenvalue weighted by atomic mass is 10.0. The molecule has 3 rings (SSSR count). The lowest BCUT2D eigenvalue weighted by Gasteiger charge is -2.07. The number of carbonyl (C=O) groups is 2. The van der Waals surface area contributed by atoms with E-state index in [1.165, 1.54) is 0 Å². The van der Waals surface area contributed by atoms with Gasteiger partial charge in [-0.25, -0.2) is 0 Å². The van der Waals surface area contributed by atoms with E-state index in [4.69, 9.17) is 19.6 Å². The van der Waals surface area contributed by atoms with Crippen LogP contribution < -0.4 is 15.2 Å². The van der Waals surface area contributed by atoms with Gasteiger partial charge in [-0.15, -0.1) is 0 Å². The number of furan rings is 1. The van der Waals surface area contributed by atoms with Gasteiger partial charge in [0.25, 0.3) is 5.91 Å². The third kappa shape index (κ3) is 2.96. The van der Waals surface area contributed by atoms with Crippen LogP contribution in [0.1, 0.15) is 27.4 Å². The van der Waals surface area contributed by atoms with E-state index in [2.05, 4.69) is 0 Å². The molecule has 0 aliphatic carbocycles. The summed E-state index contributed by atoms with van der Waals surface area (Å²) < 4.78 is 16.3. The number of hydrogen-bond acceptors (Lipinski definition) is 5. The van der Waals surface area contributed by atoms with Crippen molar-refractivity contribution >= 4 is 17.8 Å². The highest BCUT2D eigenvalue weighted by Gasteiger charge is 2.30. The van der Waals surface area contributed by atoms with E-state index in [9.17, 15) is 9.59 Å². The zero-order chi connectivity index (χ0) is 16.6. The van der Waals surface area contributed by atoms with E-state index in [-0.39, 0.29) is 18.1 Å². The Labute approximate surface area is 132 Å². The first-order valence-corrected chi connectivity index (χ1v) is 7.00. The van der Waals surface area contributed by atoms with Crippen LogP contribution in [0, 0.1) is 13.8 Å². The summed E-state index contributed by atoms with van der Waals surface area (Å²) in [6, 6.07) is 6.80. The molecule has 0 bridgehead atoms. The van der Waals surface area contributed by atoms with Crippen molar-refractivity contribution in [3.8, 4) is 11.5 Å². The van der Waals surface area contributed by atoms with Crippen LogP contribution >= 0.6 is 0 Å². The van der Waals surface area contributed by atoms with Crippen molar-refractivity contribution in [1.82, 2.24) is 0 Å². The van der Waals surface area contributed by atoms with Crippen molar-refractivity contribution in [2.75, 3.05) is 6.61 Å². The number of aryl methyl sites for hydroxylation is 2. The number of nitrogens with two attached hydrogens (primary N) is 1. The maximum Gasteiger partial charge on any atom is 0.255 e. The maximum absolute atomic E-state index is 12.5. The Bertz CT molecular complexity index is 832. The quantitative estimate of drug-likeness (QED) is 0.875. The summed E-state index contributed by atoms with van der Waals surface area (Å²) in [6.07, 6.45) is 1.55. The van der Waals surface area contributed by atoms with Crippen molar-refractivity contribution in [3.05, 3.63) is 52.7 Å². The highest BCUT2D eigenvalue weighted by Crippen LogP contribution is 2.37. The molecule has 118 valence electrons. The molecule has 0 spiro atoms. The predicted octanol–water partition coefficient (Wildman–Crippen LogP) is 2.38. The number of ketones is 1. The molecular formula is C17H15NO5. The minimum Gasteiger partial charge on any atom is -0.484 e. The lowest BCUT2D eigenvalue weighted by Crippen LogP contribution is -2.20. The molecule has 6 heteroatoms. The molecule has 1 aliphatic rings. The summed E-state index contributed by atoms with van der Waals surface area (Å²) in [7, 11) is 0. The summed E-state index contributed by atoms with van der Waals surface area (Å²) in [4.78, 5) is 23.2.